The van der Waals surface area contributed by atoms with Crippen LogP contribution in [0.15, 0.2) is 0 Å². The number of rotatable bonds is 5. The van der Waals surface area contributed by atoms with Gasteiger partial charge in [0, 0.05) is 12.6 Å². The van der Waals surface area contributed by atoms with Crippen molar-refractivity contribution in [3.05, 3.63) is 0 Å². The van der Waals surface area contributed by atoms with Crippen LogP contribution >= 0.6 is 0 Å². The highest BCUT2D eigenvalue weighted by molar-refractivity contribution is 4.77. The second kappa shape index (κ2) is 6.36. The molecule has 3 heteroatoms. The third-order valence-electron chi connectivity index (χ3n) is 3.27. The molecule has 0 unspecified atom stereocenters. The van der Waals surface area contributed by atoms with Crippen LogP contribution in [-0.4, -0.2) is 55.7 Å². The summed E-state index contributed by atoms with van der Waals surface area (Å²) >= 11 is 0. The molecule has 0 saturated carbocycles. The van der Waals surface area contributed by atoms with Gasteiger partial charge in [-0.1, -0.05) is 6.92 Å². The monoisotopic (exact) mass is 202 g/mol. The third-order valence-corrected chi connectivity index (χ3v) is 3.27. The first-order chi connectivity index (χ1) is 6.77. The van der Waals surface area contributed by atoms with E-state index in [9.17, 15) is 4.39 Å². The normalized spacial score (nSPS) is 20.6. The average Bonchev–Trinajstić information content (AvgIpc) is 2.26. The van der Waals surface area contributed by atoms with Gasteiger partial charge < -0.3 is 9.80 Å². The molecule has 0 aliphatic carbocycles. The average molecular weight is 202 g/mol. The molecule has 1 aliphatic rings. The number of halogens is 1. The first-order valence-electron chi connectivity index (χ1n) is 5.76. The minimum Gasteiger partial charge on any atom is -0.303 e. The van der Waals surface area contributed by atoms with E-state index in [1.54, 1.807) is 0 Å². The summed E-state index contributed by atoms with van der Waals surface area (Å²) in [7, 11) is 2.13. The fourth-order valence-electron chi connectivity index (χ4n) is 2.17. The first-order valence-corrected chi connectivity index (χ1v) is 5.76. The molecule has 1 saturated heterocycles. The van der Waals surface area contributed by atoms with Gasteiger partial charge in [0.1, 0.15) is 0 Å². The van der Waals surface area contributed by atoms with Gasteiger partial charge in [-0.3, -0.25) is 4.39 Å². The lowest BCUT2D eigenvalue weighted by Gasteiger charge is -2.36. The third kappa shape index (κ3) is 3.54. The van der Waals surface area contributed by atoms with Crippen LogP contribution < -0.4 is 0 Å². The molecule has 0 amide bonds. The predicted molar refractivity (Wildman–Crippen MR) is 58.4 cm³/mol. The van der Waals surface area contributed by atoms with Gasteiger partial charge in [-0.05, 0) is 45.9 Å². The van der Waals surface area contributed by atoms with Crippen LogP contribution in [0.4, 0.5) is 4.39 Å². The van der Waals surface area contributed by atoms with E-state index in [0.29, 0.717) is 12.5 Å². The van der Waals surface area contributed by atoms with E-state index in [-0.39, 0.29) is 6.67 Å². The second-order valence-corrected chi connectivity index (χ2v) is 4.19. The molecule has 0 bridgehead atoms. The second-order valence-electron chi connectivity index (χ2n) is 4.19. The molecule has 1 aliphatic heterocycles. The minimum atomic E-state index is -0.182. The van der Waals surface area contributed by atoms with E-state index in [2.05, 4.69) is 23.8 Å². The van der Waals surface area contributed by atoms with Crippen molar-refractivity contribution in [2.45, 2.75) is 32.2 Å². The first kappa shape index (κ1) is 11.9. The number of hydrogen-bond acceptors (Lipinski definition) is 2. The van der Waals surface area contributed by atoms with Crippen molar-refractivity contribution in [3.63, 3.8) is 0 Å². The van der Waals surface area contributed by atoms with Crippen molar-refractivity contribution in [1.29, 1.82) is 0 Å². The molecule has 14 heavy (non-hydrogen) atoms. The van der Waals surface area contributed by atoms with Crippen LogP contribution in [0, 0.1) is 0 Å². The maximum atomic E-state index is 12.0. The zero-order valence-electron chi connectivity index (χ0n) is 9.51. The van der Waals surface area contributed by atoms with Gasteiger partial charge in [-0.15, -0.1) is 0 Å². The van der Waals surface area contributed by atoms with Crippen LogP contribution in [0.25, 0.3) is 0 Å². The van der Waals surface area contributed by atoms with E-state index in [0.717, 1.165) is 6.54 Å². The van der Waals surface area contributed by atoms with Crippen LogP contribution in [0.3, 0.4) is 0 Å². The van der Waals surface area contributed by atoms with Gasteiger partial charge in [0.05, 0.1) is 6.67 Å². The topological polar surface area (TPSA) is 6.48 Å². The van der Waals surface area contributed by atoms with Gasteiger partial charge in [-0.2, -0.15) is 0 Å². The van der Waals surface area contributed by atoms with E-state index in [4.69, 9.17) is 0 Å². The Hall–Kier alpha value is -0.150. The van der Waals surface area contributed by atoms with E-state index in [1.165, 1.54) is 32.5 Å². The Morgan fingerprint density at radius 2 is 2.00 bits per heavy atom. The maximum absolute atomic E-state index is 12.0. The molecule has 0 aromatic carbocycles. The smallest absolute Gasteiger partial charge is 0.0906 e. The summed E-state index contributed by atoms with van der Waals surface area (Å²) in [5.74, 6) is 0. The molecule has 1 heterocycles. The highest BCUT2D eigenvalue weighted by atomic mass is 19.1. The van der Waals surface area contributed by atoms with Crippen molar-refractivity contribution in [2.75, 3.05) is 39.9 Å². The molecular weight excluding hydrogens is 179 g/mol. The fraction of sp³-hybridized carbons (Fsp3) is 1.00. The molecule has 0 aromatic rings. The maximum Gasteiger partial charge on any atom is 0.0906 e. The van der Waals surface area contributed by atoms with Gasteiger partial charge in [0.15, 0.2) is 0 Å². The molecule has 0 N–H and O–H groups in total. The molecule has 1 rings (SSSR count). The zero-order valence-corrected chi connectivity index (χ0v) is 9.51. The van der Waals surface area contributed by atoms with Crippen molar-refractivity contribution < 1.29 is 4.39 Å². The Balaban J connectivity index is 2.19. The van der Waals surface area contributed by atoms with Gasteiger partial charge >= 0.3 is 0 Å². The van der Waals surface area contributed by atoms with E-state index < -0.39 is 0 Å². The highest BCUT2D eigenvalue weighted by Crippen LogP contribution is 2.15. The molecule has 0 aromatic heterocycles. The number of hydrogen-bond donors (Lipinski definition) is 0. The Morgan fingerprint density at radius 3 is 2.50 bits per heavy atom. The summed E-state index contributed by atoms with van der Waals surface area (Å²) in [6, 6.07) is 0.685. The molecule has 0 spiro atoms. The van der Waals surface area contributed by atoms with Gasteiger partial charge in [0.25, 0.3) is 0 Å². The number of alkyl halides is 1. The number of piperidine rings is 1. The SMILES string of the molecule is CCN1CCC(N(C)CCCF)CC1. The van der Waals surface area contributed by atoms with Crippen molar-refractivity contribution in [3.8, 4) is 0 Å². The van der Waals surface area contributed by atoms with Crippen LogP contribution in [0.1, 0.15) is 26.2 Å². The van der Waals surface area contributed by atoms with Crippen LogP contribution in [0.5, 0.6) is 0 Å². The van der Waals surface area contributed by atoms with Gasteiger partial charge in [-0.25, -0.2) is 0 Å². The minimum absolute atomic E-state index is 0.182. The summed E-state index contributed by atoms with van der Waals surface area (Å²) in [5, 5.41) is 0. The molecule has 1 fully saturated rings. The van der Waals surface area contributed by atoms with Crippen molar-refractivity contribution in [1.82, 2.24) is 9.80 Å². The molecule has 0 atom stereocenters. The molecule has 2 nitrogen and oxygen atoms in total. The predicted octanol–water partition coefficient (Wildman–Crippen LogP) is 1.76. The molecular formula is C11H23FN2. The number of nitrogens with zero attached hydrogens (tertiary/aromatic N) is 2. The van der Waals surface area contributed by atoms with Crippen molar-refractivity contribution in [2.24, 2.45) is 0 Å². The lowest BCUT2D eigenvalue weighted by atomic mass is 10.0. The number of likely N-dealkylation sites (tertiary alicyclic amines) is 1. The summed E-state index contributed by atoms with van der Waals surface area (Å²) in [5.41, 5.74) is 0. The Morgan fingerprint density at radius 1 is 1.36 bits per heavy atom. The highest BCUT2D eigenvalue weighted by Gasteiger charge is 2.20. The summed E-state index contributed by atoms with van der Waals surface area (Å²) in [4.78, 5) is 4.81. The van der Waals surface area contributed by atoms with Crippen LogP contribution in [-0.2, 0) is 0 Å². The Labute approximate surface area is 87.1 Å². The lowest BCUT2D eigenvalue weighted by Crippen LogP contribution is -2.43. The lowest BCUT2D eigenvalue weighted by molar-refractivity contribution is 0.129. The Bertz CT molecular complexity index is 144. The molecule has 0 radical (unpaired) electrons. The largest absolute Gasteiger partial charge is 0.303 e. The Kier molecular flexibility index (Phi) is 5.41. The van der Waals surface area contributed by atoms with Crippen LogP contribution in [0.2, 0.25) is 0 Å². The fourth-order valence-corrected chi connectivity index (χ4v) is 2.17. The standard InChI is InChI=1S/C11H23FN2/c1-3-14-9-5-11(6-10-14)13(2)8-4-7-12/h11H,3-10H2,1-2H3. The van der Waals surface area contributed by atoms with Crippen molar-refractivity contribution >= 4 is 0 Å². The van der Waals surface area contributed by atoms with Gasteiger partial charge in [0.2, 0.25) is 0 Å². The van der Waals surface area contributed by atoms with E-state index in [1.807, 2.05) is 0 Å². The summed E-state index contributed by atoms with van der Waals surface area (Å²) < 4.78 is 12.0. The molecule has 84 valence electrons. The quantitative estimate of drug-likeness (QED) is 0.670. The summed E-state index contributed by atoms with van der Waals surface area (Å²) in [6.07, 6.45) is 3.18. The zero-order chi connectivity index (χ0) is 10.4. The summed E-state index contributed by atoms with van der Waals surface area (Å²) in [6.45, 7) is 6.53. The van der Waals surface area contributed by atoms with E-state index >= 15 is 0 Å².